The number of carbonyl (C=O) groups is 2. The van der Waals surface area contributed by atoms with Crippen LogP contribution in [0.4, 0.5) is 9.59 Å². The molecular weight excluding hydrogens is 256 g/mol. The molecule has 9 nitrogen and oxygen atoms in total. The largest absolute Gasteiger partial charge is 0.465 e. The molecule has 0 aliphatic heterocycles. The van der Waals surface area contributed by atoms with E-state index in [1.54, 1.807) is 0 Å². The van der Waals surface area contributed by atoms with E-state index in [1.165, 1.54) is 5.32 Å². The number of carbonyl (C=O) groups excluding carboxylic acids is 3. The molecule has 0 spiro atoms. The Bertz CT molecular complexity index is 208. The average Bonchev–Trinajstić information content (AvgIpc) is 1.86. The van der Waals surface area contributed by atoms with E-state index < -0.39 is 12.1 Å². The second-order valence-electron chi connectivity index (χ2n) is 0.999. The second-order valence-corrected chi connectivity index (χ2v) is 0.999. The number of nitrogens with one attached hydrogen (secondary N) is 3. The zero-order valence-electron chi connectivity index (χ0n) is 6.16. The molecule has 0 aromatic carbocycles. The number of amides is 3. The van der Waals surface area contributed by atoms with Crippen molar-refractivity contribution in [1.29, 1.82) is 10.8 Å². The van der Waals surface area contributed by atoms with Crippen LogP contribution in [0.5, 0.6) is 0 Å². The summed E-state index contributed by atoms with van der Waals surface area (Å²) in [7, 11) is 0. The normalized spacial score (nSPS) is 3.58. The van der Waals surface area contributed by atoms with Crippen LogP contribution in [0.2, 0.25) is 0 Å². The van der Waals surface area contributed by atoms with Crippen molar-refractivity contribution in [2.75, 3.05) is 0 Å². The average molecular weight is 286 g/mol. The van der Waals surface area contributed by atoms with Crippen molar-refractivity contribution in [2.45, 2.75) is 44.6 Å². The smallest absolute Gasteiger partial charge is 0.412 e. The lowest BCUT2D eigenvalue weighted by Gasteiger charge is -1.86. The third kappa shape index (κ3) is 1260. The van der Waals surface area contributed by atoms with Crippen LogP contribution in [0.1, 0.15) is 44.6 Å². The summed E-state index contributed by atoms with van der Waals surface area (Å²) in [5, 5.41) is 19.8. The number of carboxylic acid groups (broad SMARTS) is 1. The summed E-state index contributed by atoms with van der Waals surface area (Å²) in [6.07, 6.45) is 0.0625. The Morgan fingerprint density at radius 1 is 0.895 bits per heavy atom. The molecular formula is C10H30N4O5. The van der Waals surface area contributed by atoms with Gasteiger partial charge < -0.3 is 10.8 Å². The quantitative estimate of drug-likeness (QED) is 0.339. The zero-order valence-corrected chi connectivity index (χ0v) is 6.16. The van der Waals surface area contributed by atoms with E-state index in [4.69, 9.17) is 25.5 Å². The lowest BCUT2D eigenvalue weighted by atomic mass is 11.0. The highest BCUT2D eigenvalue weighted by Crippen LogP contribution is 1.55. The number of nitrogens with two attached hydrogens (primary N) is 1. The van der Waals surface area contributed by atoms with Gasteiger partial charge in [0.25, 0.3) is 0 Å². The van der Waals surface area contributed by atoms with Crippen molar-refractivity contribution in [3.63, 3.8) is 0 Å². The summed E-state index contributed by atoms with van der Waals surface area (Å²) in [4.78, 5) is 35.6. The van der Waals surface area contributed by atoms with Gasteiger partial charge in [-0.15, -0.1) is 0 Å². The first-order valence-electron chi connectivity index (χ1n) is 2.33. The monoisotopic (exact) mass is 286 g/mol. The van der Waals surface area contributed by atoms with Crippen LogP contribution in [0, 0.1) is 10.8 Å². The predicted molar refractivity (Wildman–Crippen MR) is 78.0 cm³/mol. The predicted octanol–water partition coefficient (Wildman–Crippen LogP) is 2.95. The van der Waals surface area contributed by atoms with E-state index >= 15 is 0 Å². The molecule has 9 heteroatoms. The van der Waals surface area contributed by atoms with Crippen molar-refractivity contribution in [1.82, 2.24) is 5.32 Å². The topological polar surface area (TPSA) is 174 Å². The van der Waals surface area contributed by atoms with Crippen molar-refractivity contribution in [2.24, 2.45) is 5.73 Å². The number of hydrogen-bond acceptors (Lipinski definition) is 6. The Morgan fingerprint density at radius 3 is 1.05 bits per heavy atom. The van der Waals surface area contributed by atoms with Crippen molar-refractivity contribution in [3.05, 3.63) is 0 Å². The fourth-order valence-electron chi connectivity index (χ4n) is 0.105. The summed E-state index contributed by atoms with van der Waals surface area (Å²) in [5.41, 5.74) is 4.36. The Kier molecular flexibility index (Phi) is 286. The number of primary amides is 1. The summed E-state index contributed by atoms with van der Waals surface area (Å²) >= 11 is 0. The highest BCUT2D eigenvalue weighted by atomic mass is 16.4. The Balaban J connectivity index is -0.0000000107. The van der Waals surface area contributed by atoms with Gasteiger partial charge in [0.2, 0.25) is 12.2 Å². The fraction of sp³-hybridized carbons (Fsp3) is 0.600. The molecule has 3 amide bonds. The third-order valence-electron chi connectivity index (χ3n) is 0.230. The molecule has 0 saturated carbocycles. The van der Waals surface area contributed by atoms with Gasteiger partial charge in [-0.2, -0.15) is 0 Å². The highest BCUT2D eigenvalue weighted by Gasteiger charge is 1.94. The van der Waals surface area contributed by atoms with Crippen LogP contribution in [0.15, 0.2) is 0 Å². The van der Waals surface area contributed by atoms with E-state index in [9.17, 15) is 9.59 Å². The minimum absolute atomic E-state index is 0. The number of rotatable bonds is 0. The van der Waals surface area contributed by atoms with Crippen LogP contribution in [0.3, 0.4) is 0 Å². The summed E-state index contributed by atoms with van der Waals surface area (Å²) < 4.78 is 0. The molecule has 0 saturated heterocycles. The molecule has 0 atom stereocenters. The van der Waals surface area contributed by atoms with Crippen LogP contribution in [-0.2, 0) is 9.59 Å². The standard InChI is InChI=1S/C2H4N2O3.2CHNO.6CH4/c3-1(5)4-2(6)7;2*2-1-3;;;;;;/h(H,6,7)(H3,3,4,5);2*2H;6*1H4. The molecule has 0 unspecified atom stereocenters. The second kappa shape index (κ2) is 77.1. The molecule has 0 aliphatic carbocycles. The van der Waals surface area contributed by atoms with Gasteiger partial charge in [-0.3, -0.25) is 0 Å². The van der Waals surface area contributed by atoms with Crippen molar-refractivity contribution in [3.8, 4) is 0 Å². The van der Waals surface area contributed by atoms with Gasteiger partial charge in [0.05, 0.1) is 0 Å². The molecule has 0 aromatic rings. The van der Waals surface area contributed by atoms with E-state index in [-0.39, 0.29) is 44.6 Å². The summed E-state index contributed by atoms with van der Waals surface area (Å²) in [5.74, 6) is 0. The van der Waals surface area contributed by atoms with E-state index in [0.717, 1.165) is 12.2 Å². The van der Waals surface area contributed by atoms with E-state index in [1.807, 2.05) is 0 Å². The van der Waals surface area contributed by atoms with Crippen LogP contribution in [-0.4, -0.2) is 29.4 Å². The Labute approximate surface area is 116 Å². The first-order valence-corrected chi connectivity index (χ1v) is 2.33. The van der Waals surface area contributed by atoms with Gasteiger partial charge in [0.1, 0.15) is 0 Å². The third-order valence-corrected chi connectivity index (χ3v) is 0.230. The maximum absolute atomic E-state index is 9.54. The molecule has 0 heterocycles. The van der Waals surface area contributed by atoms with Crippen LogP contribution in [0.25, 0.3) is 0 Å². The summed E-state index contributed by atoms with van der Waals surface area (Å²) in [6.45, 7) is 0. The SMILES string of the molecule is C.C.C.C.C.C.N=C=O.N=C=O.NC(=O)NC(=O)O. The maximum atomic E-state index is 9.54. The van der Waals surface area contributed by atoms with E-state index in [2.05, 4.69) is 5.73 Å². The molecule has 120 valence electrons. The van der Waals surface area contributed by atoms with Gasteiger partial charge >= 0.3 is 12.1 Å². The van der Waals surface area contributed by atoms with Gasteiger partial charge in [-0.25, -0.2) is 35.3 Å². The summed E-state index contributed by atoms with van der Waals surface area (Å²) in [6, 6.07) is -1.06. The van der Waals surface area contributed by atoms with Crippen LogP contribution >= 0.6 is 0 Å². The minimum atomic E-state index is -1.44. The van der Waals surface area contributed by atoms with Gasteiger partial charge in [0, 0.05) is 0 Å². The molecule has 0 rings (SSSR count). The molecule has 19 heavy (non-hydrogen) atoms. The molecule has 0 fully saturated rings. The molecule has 0 radical (unpaired) electrons. The van der Waals surface area contributed by atoms with Crippen molar-refractivity contribution < 1.29 is 24.3 Å². The first kappa shape index (κ1) is 70.5. The number of imide groups is 1. The molecule has 0 bridgehead atoms. The zero-order chi connectivity index (χ0) is 11.3. The minimum Gasteiger partial charge on any atom is -0.465 e. The lowest BCUT2D eigenvalue weighted by molar-refractivity contribution is 0.193. The lowest BCUT2D eigenvalue weighted by Crippen LogP contribution is -2.33. The number of isocyanates is 2. The maximum Gasteiger partial charge on any atom is 0.412 e. The van der Waals surface area contributed by atoms with Gasteiger partial charge in [-0.1, -0.05) is 44.6 Å². The molecule has 0 aromatic heterocycles. The molecule has 6 N–H and O–H groups in total. The fourth-order valence-corrected chi connectivity index (χ4v) is 0.105. The Hall–Kier alpha value is -2.50. The Morgan fingerprint density at radius 2 is 1.05 bits per heavy atom. The van der Waals surface area contributed by atoms with Gasteiger partial charge in [-0.05, 0) is 0 Å². The number of hydrogen-bond donors (Lipinski definition) is 5. The molecule has 0 aliphatic rings. The number of urea groups is 1. The first-order chi connectivity index (χ1) is 5.95. The van der Waals surface area contributed by atoms with Crippen LogP contribution < -0.4 is 11.1 Å². The van der Waals surface area contributed by atoms with Crippen molar-refractivity contribution >= 4 is 24.3 Å². The van der Waals surface area contributed by atoms with E-state index in [0.29, 0.717) is 0 Å². The highest BCUT2D eigenvalue weighted by molar-refractivity contribution is 5.88. The van der Waals surface area contributed by atoms with Gasteiger partial charge in [0.15, 0.2) is 0 Å².